The van der Waals surface area contributed by atoms with E-state index in [1.165, 1.54) is 4.68 Å². The number of benzene rings is 2. The van der Waals surface area contributed by atoms with Crippen LogP contribution >= 0.6 is 23.2 Å². The first-order chi connectivity index (χ1) is 16.4. The van der Waals surface area contributed by atoms with Gasteiger partial charge in [-0.05, 0) is 87.4 Å². The summed E-state index contributed by atoms with van der Waals surface area (Å²) in [4.78, 5) is 13.2. The second-order valence-electron chi connectivity index (χ2n) is 8.90. The molecule has 2 bridgehead atoms. The summed E-state index contributed by atoms with van der Waals surface area (Å²) >= 11 is 12.5. The Balaban J connectivity index is 1.51. The Labute approximate surface area is 207 Å². The van der Waals surface area contributed by atoms with E-state index in [1.54, 1.807) is 42.5 Å². The lowest BCUT2D eigenvalue weighted by Crippen LogP contribution is -2.45. The van der Waals surface area contributed by atoms with Gasteiger partial charge in [0, 0.05) is 10.6 Å². The van der Waals surface area contributed by atoms with Crippen molar-refractivity contribution in [3.8, 4) is 28.8 Å². The number of carbonyl (C=O) groups is 1. The monoisotopic (exact) mass is 501 g/mol. The second-order valence-corrected chi connectivity index (χ2v) is 9.74. The molecule has 0 saturated heterocycles. The summed E-state index contributed by atoms with van der Waals surface area (Å²) in [7, 11) is 0. The van der Waals surface area contributed by atoms with Crippen LogP contribution in [-0.4, -0.2) is 32.9 Å². The number of aromatic nitrogens is 2. The van der Waals surface area contributed by atoms with Crippen molar-refractivity contribution < 1.29 is 19.4 Å². The summed E-state index contributed by atoms with van der Waals surface area (Å²) in [5.74, 6) is 0.982. The lowest BCUT2D eigenvalue weighted by Gasteiger charge is -2.27. The summed E-state index contributed by atoms with van der Waals surface area (Å²) < 4.78 is 12.8. The SMILES string of the molecule is CCOc1ccc(Oc2c(O)c(C(=O)NC34CCC(CC3)C4)nn2-c2ccc(Cl)cc2Cl)cc1. The summed E-state index contributed by atoms with van der Waals surface area (Å²) in [6, 6.07) is 11.8. The zero-order chi connectivity index (χ0) is 23.9. The van der Waals surface area contributed by atoms with E-state index in [0.717, 1.165) is 32.1 Å². The quantitative estimate of drug-likeness (QED) is 0.406. The highest BCUT2D eigenvalue weighted by molar-refractivity contribution is 6.35. The number of nitrogens with zero attached hydrogens (tertiary/aromatic N) is 2. The van der Waals surface area contributed by atoms with Gasteiger partial charge < -0.3 is 19.9 Å². The van der Waals surface area contributed by atoms with Crippen LogP contribution in [0.4, 0.5) is 0 Å². The van der Waals surface area contributed by atoms with Crippen molar-refractivity contribution in [2.45, 2.75) is 44.6 Å². The van der Waals surface area contributed by atoms with Gasteiger partial charge in [-0.2, -0.15) is 9.78 Å². The maximum absolute atomic E-state index is 13.2. The first kappa shape index (κ1) is 22.9. The van der Waals surface area contributed by atoms with Gasteiger partial charge in [-0.1, -0.05) is 23.2 Å². The van der Waals surface area contributed by atoms with E-state index in [1.807, 2.05) is 6.92 Å². The zero-order valence-electron chi connectivity index (χ0n) is 18.7. The van der Waals surface area contributed by atoms with Gasteiger partial charge in [0.2, 0.25) is 5.75 Å². The lowest BCUT2D eigenvalue weighted by atomic mass is 9.93. The lowest BCUT2D eigenvalue weighted by molar-refractivity contribution is 0.0892. The highest BCUT2D eigenvalue weighted by Gasteiger charge is 2.46. The topological polar surface area (TPSA) is 85.6 Å². The number of aromatic hydroxyl groups is 1. The predicted octanol–water partition coefficient (Wildman–Crippen LogP) is 6.14. The molecule has 1 amide bonds. The number of fused-ring (bicyclic) bond motifs is 2. The number of nitrogens with one attached hydrogen (secondary N) is 1. The fourth-order valence-electron chi connectivity index (χ4n) is 5.00. The van der Waals surface area contributed by atoms with Crippen molar-refractivity contribution in [2.24, 2.45) is 5.92 Å². The molecule has 5 rings (SSSR count). The van der Waals surface area contributed by atoms with Crippen molar-refractivity contribution in [3.63, 3.8) is 0 Å². The van der Waals surface area contributed by atoms with E-state index in [2.05, 4.69) is 10.4 Å². The Morgan fingerprint density at radius 3 is 2.50 bits per heavy atom. The normalized spacial score (nSPS) is 21.0. The van der Waals surface area contributed by atoms with Crippen LogP contribution in [0.3, 0.4) is 0 Å². The second kappa shape index (κ2) is 9.04. The van der Waals surface area contributed by atoms with Crippen LogP contribution in [0.15, 0.2) is 42.5 Å². The molecule has 1 heterocycles. The smallest absolute Gasteiger partial charge is 0.276 e. The van der Waals surface area contributed by atoms with Gasteiger partial charge in [0.05, 0.1) is 17.3 Å². The molecule has 0 aliphatic heterocycles. The third-order valence-electron chi connectivity index (χ3n) is 6.64. The third kappa shape index (κ3) is 4.30. The van der Waals surface area contributed by atoms with Crippen molar-refractivity contribution in [3.05, 3.63) is 58.2 Å². The van der Waals surface area contributed by atoms with E-state index in [4.69, 9.17) is 32.7 Å². The molecule has 0 unspecified atom stereocenters. The van der Waals surface area contributed by atoms with Crippen molar-refractivity contribution in [1.82, 2.24) is 15.1 Å². The van der Waals surface area contributed by atoms with Gasteiger partial charge in [-0.3, -0.25) is 4.79 Å². The van der Waals surface area contributed by atoms with Gasteiger partial charge in [-0.25, -0.2) is 0 Å². The van der Waals surface area contributed by atoms with Crippen LogP contribution < -0.4 is 14.8 Å². The summed E-state index contributed by atoms with van der Waals surface area (Å²) in [5, 5.41) is 19.4. The van der Waals surface area contributed by atoms with Gasteiger partial charge >= 0.3 is 0 Å². The molecule has 2 aliphatic rings. The number of halogens is 2. The maximum Gasteiger partial charge on any atom is 0.276 e. The number of hydrogen-bond donors (Lipinski definition) is 2. The molecular weight excluding hydrogens is 477 g/mol. The molecular formula is C25H25Cl2N3O4. The fourth-order valence-corrected chi connectivity index (χ4v) is 5.49. The minimum atomic E-state index is -0.430. The van der Waals surface area contributed by atoms with Crippen LogP contribution in [0.25, 0.3) is 5.69 Å². The maximum atomic E-state index is 13.2. The highest BCUT2D eigenvalue weighted by Crippen LogP contribution is 2.48. The molecule has 178 valence electrons. The highest BCUT2D eigenvalue weighted by atomic mass is 35.5. The Kier molecular flexibility index (Phi) is 6.08. The third-order valence-corrected chi connectivity index (χ3v) is 7.18. The summed E-state index contributed by atoms with van der Waals surface area (Å²) in [6.07, 6.45) is 5.10. The number of amides is 1. The number of hydrogen-bond acceptors (Lipinski definition) is 5. The van der Waals surface area contributed by atoms with Crippen LogP contribution in [0.5, 0.6) is 23.1 Å². The van der Waals surface area contributed by atoms with E-state index in [9.17, 15) is 9.90 Å². The molecule has 7 nitrogen and oxygen atoms in total. The minimum Gasteiger partial charge on any atom is -0.501 e. The first-order valence-electron chi connectivity index (χ1n) is 11.4. The predicted molar refractivity (Wildman–Crippen MR) is 130 cm³/mol. The van der Waals surface area contributed by atoms with E-state index in [-0.39, 0.29) is 22.9 Å². The fraction of sp³-hybridized carbons (Fsp3) is 0.360. The summed E-state index contributed by atoms with van der Waals surface area (Å²) in [6.45, 7) is 2.45. The van der Waals surface area contributed by atoms with Crippen molar-refractivity contribution >= 4 is 29.1 Å². The minimum absolute atomic E-state index is 0.0215. The molecule has 2 N–H and O–H groups in total. The van der Waals surface area contributed by atoms with Crippen LogP contribution in [0.2, 0.25) is 10.0 Å². The Bertz CT molecular complexity index is 1220. The van der Waals surface area contributed by atoms with Gasteiger partial charge in [0.15, 0.2) is 5.69 Å². The van der Waals surface area contributed by atoms with Crippen LogP contribution in [0.1, 0.15) is 49.5 Å². The average molecular weight is 502 g/mol. The van der Waals surface area contributed by atoms with E-state index < -0.39 is 5.91 Å². The molecule has 0 radical (unpaired) electrons. The molecule has 2 saturated carbocycles. The van der Waals surface area contributed by atoms with Crippen LogP contribution in [-0.2, 0) is 0 Å². The number of ether oxygens (including phenoxy) is 2. The molecule has 3 aromatic rings. The molecule has 34 heavy (non-hydrogen) atoms. The standard InChI is InChI=1S/C25H25Cl2N3O4/c1-2-33-17-4-6-18(7-5-17)34-24-22(31)21(23(32)28-25-11-9-15(14-25)10-12-25)29-30(24)20-8-3-16(26)13-19(20)27/h3-8,13,15,31H,2,9-12,14H2,1H3,(H,28,32). The van der Waals surface area contributed by atoms with Crippen molar-refractivity contribution in [1.29, 1.82) is 0 Å². The van der Waals surface area contributed by atoms with Gasteiger partial charge in [0.25, 0.3) is 11.8 Å². The molecule has 2 fully saturated rings. The Morgan fingerprint density at radius 2 is 1.88 bits per heavy atom. The van der Waals surface area contributed by atoms with Gasteiger partial charge in [-0.15, -0.1) is 0 Å². The molecule has 0 atom stereocenters. The van der Waals surface area contributed by atoms with E-state index in [0.29, 0.717) is 39.8 Å². The zero-order valence-corrected chi connectivity index (χ0v) is 20.2. The number of rotatable bonds is 7. The molecule has 2 aromatic carbocycles. The molecule has 2 aliphatic carbocycles. The number of carbonyl (C=O) groups excluding carboxylic acids is 1. The van der Waals surface area contributed by atoms with Crippen molar-refractivity contribution in [2.75, 3.05) is 6.61 Å². The first-order valence-corrected chi connectivity index (χ1v) is 12.1. The Hall–Kier alpha value is -2.90. The van der Waals surface area contributed by atoms with Crippen LogP contribution in [0, 0.1) is 5.92 Å². The molecule has 0 spiro atoms. The molecule has 9 heteroatoms. The van der Waals surface area contributed by atoms with E-state index >= 15 is 0 Å². The average Bonchev–Trinajstić information content (AvgIpc) is 3.49. The largest absolute Gasteiger partial charge is 0.501 e. The Morgan fingerprint density at radius 1 is 1.18 bits per heavy atom. The molecule has 1 aromatic heterocycles. The summed E-state index contributed by atoms with van der Waals surface area (Å²) in [5.41, 5.74) is 0.0874. The van der Waals surface area contributed by atoms with Gasteiger partial charge in [0.1, 0.15) is 11.5 Å².